The van der Waals surface area contributed by atoms with Gasteiger partial charge in [0.2, 0.25) is 0 Å². The van der Waals surface area contributed by atoms with Crippen LogP contribution in [0.4, 0.5) is 0 Å². The molecule has 104 valence electrons. The highest BCUT2D eigenvalue weighted by Gasteiger charge is 2.36. The average Bonchev–Trinajstić information content (AvgIpc) is 2.36. The summed E-state index contributed by atoms with van der Waals surface area (Å²) in [6.07, 6.45) is 0. The molecule has 3 nitrogen and oxygen atoms in total. The normalized spacial score (nSPS) is 11.2. The lowest BCUT2D eigenvalue weighted by molar-refractivity contribution is -0.157. The number of esters is 1. The van der Waals surface area contributed by atoms with Crippen molar-refractivity contribution in [2.45, 2.75) is 32.6 Å². The molecule has 0 aliphatic carbocycles. The number of hydrogen-bond acceptors (Lipinski definition) is 4. The van der Waals surface area contributed by atoms with Crippen LogP contribution in [0.25, 0.3) is 0 Å². The van der Waals surface area contributed by atoms with E-state index in [2.05, 4.69) is 0 Å². The fraction of sp³-hybridized carbons (Fsp3) is 0.467. The molecule has 1 aromatic rings. The Hall–Kier alpha value is -1.29. The quantitative estimate of drug-likeness (QED) is 0.456. The van der Waals surface area contributed by atoms with Crippen molar-refractivity contribution in [2.24, 2.45) is 5.41 Å². The van der Waals surface area contributed by atoms with Crippen LogP contribution in [-0.4, -0.2) is 24.1 Å². The predicted molar refractivity (Wildman–Crippen MR) is 77.3 cm³/mol. The molecule has 0 saturated carbocycles. The Kier molecular flexibility index (Phi) is 5.60. The lowest BCUT2D eigenvalue weighted by Crippen LogP contribution is -2.36. The summed E-state index contributed by atoms with van der Waals surface area (Å²) < 4.78 is 4.93. The standard InChI is InChI=1S/C15H20O3S/c1-5-18-14(17)15(3,4)13(16)10-19-12-8-6-7-11(2)9-12/h6-9H,5,10H2,1-4H3. The molecule has 19 heavy (non-hydrogen) atoms. The van der Waals surface area contributed by atoms with Crippen molar-refractivity contribution in [3.8, 4) is 0 Å². The lowest BCUT2D eigenvalue weighted by Gasteiger charge is -2.20. The number of ether oxygens (including phenoxy) is 1. The van der Waals surface area contributed by atoms with Gasteiger partial charge in [-0.2, -0.15) is 0 Å². The van der Waals surface area contributed by atoms with Crippen LogP contribution in [0.5, 0.6) is 0 Å². The van der Waals surface area contributed by atoms with Crippen molar-refractivity contribution in [3.63, 3.8) is 0 Å². The summed E-state index contributed by atoms with van der Waals surface area (Å²) in [6.45, 7) is 7.27. The molecule has 0 spiro atoms. The Balaban J connectivity index is 2.62. The maximum absolute atomic E-state index is 12.1. The van der Waals surface area contributed by atoms with Gasteiger partial charge in [0.15, 0.2) is 5.78 Å². The van der Waals surface area contributed by atoms with Gasteiger partial charge in [-0.05, 0) is 39.8 Å². The predicted octanol–water partition coefficient (Wildman–Crippen LogP) is 3.25. The van der Waals surface area contributed by atoms with E-state index in [0.717, 1.165) is 10.5 Å². The Bertz CT molecular complexity index is 466. The van der Waals surface area contributed by atoms with Crippen LogP contribution in [-0.2, 0) is 14.3 Å². The van der Waals surface area contributed by atoms with Crippen LogP contribution in [0.2, 0.25) is 0 Å². The van der Waals surface area contributed by atoms with E-state index >= 15 is 0 Å². The van der Waals surface area contributed by atoms with Gasteiger partial charge in [0, 0.05) is 4.90 Å². The van der Waals surface area contributed by atoms with E-state index < -0.39 is 11.4 Å². The minimum atomic E-state index is -1.08. The number of ketones is 1. The Morgan fingerprint density at radius 2 is 2.00 bits per heavy atom. The zero-order chi connectivity index (χ0) is 14.5. The third kappa shape index (κ3) is 4.39. The monoisotopic (exact) mass is 280 g/mol. The molecule has 0 atom stereocenters. The van der Waals surface area contributed by atoms with E-state index in [1.165, 1.54) is 11.8 Å². The van der Waals surface area contributed by atoms with Gasteiger partial charge in [-0.15, -0.1) is 11.8 Å². The number of carbonyl (C=O) groups excluding carboxylic acids is 2. The number of thioether (sulfide) groups is 1. The minimum Gasteiger partial charge on any atom is -0.465 e. The average molecular weight is 280 g/mol. The van der Waals surface area contributed by atoms with Gasteiger partial charge in [-0.3, -0.25) is 9.59 Å². The summed E-state index contributed by atoms with van der Waals surface area (Å²) in [5.41, 5.74) is 0.0782. The fourth-order valence-corrected chi connectivity index (χ4v) is 2.56. The molecular formula is C15H20O3S. The van der Waals surface area contributed by atoms with Gasteiger partial charge in [0.05, 0.1) is 12.4 Å². The maximum Gasteiger partial charge on any atom is 0.319 e. The van der Waals surface area contributed by atoms with Crippen molar-refractivity contribution < 1.29 is 14.3 Å². The second kappa shape index (κ2) is 6.75. The van der Waals surface area contributed by atoms with Crippen molar-refractivity contribution >= 4 is 23.5 Å². The second-order valence-corrected chi connectivity index (χ2v) is 5.92. The first-order chi connectivity index (χ1) is 8.87. The number of hydrogen-bond donors (Lipinski definition) is 0. The topological polar surface area (TPSA) is 43.4 Å². The largest absolute Gasteiger partial charge is 0.465 e. The first-order valence-corrected chi connectivity index (χ1v) is 7.26. The Morgan fingerprint density at radius 3 is 2.58 bits per heavy atom. The van der Waals surface area contributed by atoms with E-state index in [-0.39, 0.29) is 11.5 Å². The molecule has 0 N–H and O–H groups in total. The summed E-state index contributed by atoms with van der Waals surface area (Å²) in [4.78, 5) is 24.9. The molecule has 0 radical (unpaired) electrons. The molecule has 0 aromatic heterocycles. The lowest BCUT2D eigenvalue weighted by atomic mass is 9.89. The fourth-order valence-electron chi connectivity index (χ4n) is 1.46. The molecule has 0 heterocycles. The van der Waals surface area contributed by atoms with Crippen molar-refractivity contribution in [2.75, 3.05) is 12.4 Å². The minimum absolute atomic E-state index is 0.113. The van der Waals surface area contributed by atoms with Gasteiger partial charge in [0.25, 0.3) is 0 Å². The molecular weight excluding hydrogens is 260 g/mol. The Labute approximate surface area is 118 Å². The molecule has 0 amide bonds. The number of Topliss-reactive ketones (excluding diaryl/α,β-unsaturated/α-hetero) is 1. The van der Waals surface area contributed by atoms with Crippen molar-refractivity contribution in [3.05, 3.63) is 29.8 Å². The van der Waals surface area contributed by atoms with E-state index in [1.54, 1.807) is 20.8 Å². The van der Waals surface area contributed by atoms with E-state index in [9.17, 15) is 9.59 Å². The highest BCUT2D eigenvalue weighted by atomic mass is 32.2. The van der Waals surface area contributed by atoms with Gasteiger partial charge in [-0.1, -0.05) is 17.7 Å². The smallest absolute Gasteiger partial charge is 0.319 e. The highest BCUT2D eigenvalue weighted by molar-refractivity contribution is 8.00. The summed E-state index contributed by atoms with van der Waals surface area (Å²) in [5.74, 6) is -0.294. The van der Waals surface area contributed by atoms with E-state index in [1.807, 2.05) is 31.2 Å². The van der Waals surface area contributed by atoms with Crippen LogP contribution in [0.1, 0.15) is 26.3 Å². The molecule has 1 aromatic carbocycles. The van der Waals surface area contributed by atoms with E-state index in [0.29, 0.717) is 6.61 Å². The maximum atomic E-state index is 12.1. The number of rotatable bonds is 6. The summed E-state index contributed by atoms with van der Waals surface area (Å²) in [7, 11) is 0. The van der Waals surface area contributed by atoms with Gasteiger partial charge < -0.3 is 4.74 Å². The SMILES string of the molecule is CCOC(=O)C(C)(C)C(=O)CSc1cccc(C)c1. The van der Waals surface area contributed by atoms with Crippen LogP contribution < -0.4 is 0 Å². The van der Waals surface area contributed by atoms with Crippen molar-refractivity contribution in [1.82, 2.24) is 0 Å². The zero-order valence-electron chi connectivity index (χ0n) is 11.9. The third-order valence-electron chi connectivity index (χ3n) is 2.84. The number of benzene rings is 1. The van der Waals surface area contributed by atoms with E-state index in [4.69, 9.17) is 4.74 Å². The van der Waals surface area contributed by atoms with Crippen molar-refractivity contribution in [1.29, 1.82) is 0 Å². The summed E-state index contributed by atoms with van der Waals surface area (Å²) >= 11 is 1.45. The molecule has 0 aliphatic rings. The van der Waals surface area contributed by atoms with Crippen LogP contribution >= 0.6 is 11.8 Å². The molecule has 0 unspecified atom stereocenters. The molecule has 0 fully saturated rings. The molecule has 0 saturated heterocycles. The second-order valence-electron chi connectivity index (χ2n) is 4.87. The highest BCUT2D eigenvalue weighted by Crippen LogP contribution is 2.25. The van der Waals surface area contributed by atoms with Gasteiger partial charge in [-0.25, -0.2) is 0 Å². The molecule has 1 rings (SSSR count). The first-order valence-electron chi connectivity index (χ1n) is 6.28. The molecule has 4 heteroatoms. The van der Waals surface area contributed by atoms with Gasteiger partial charge in [0.1, 0.15) is 5.41 Å². The summed E-state index contributed by atoms with van der Waals surface area (Å²) in [6, 6.07) is 7.95. The van der Waals surface area contributed by atoms with Gasteiger partial charge >= 0.3 is 5.97 Å². The zero-order valence-corrected chi connectivity index (χ0v) is 12.7. The molecule has 0 bridgehead atoms. The van der Waals surface area contributed by atoms with Crippen LogP contribution in [0.15, 0.2) is 29.2 Å². The number of aryl methyl sites for hydroxylation is 1. The number of carbonyl (C=O) groups is 2. The molecule has 0 aliphatic heterocycles. The Morgan fingerprint density at radius 1 is 1.32 bits per heavy atom. The van der Waals surface area contributed by atoms with Crippen LogP contribution in [0, 0.1) is 12.3 Å². The summed E-state index contributed by atoms with van der Waals surface area (Å²) in [5, 5.41) is 0. The third-order valence-corrected chi connectivity index (χ3v) is 3.84. The van der Waals surface area contributed by atoms with Crippen LogP contribution in [0.3, 0.4) is 0 Å². The first kappa shape index (κ1) is 15.8.